The summed E-state index contributed by atoms with van der Waals surface area (Å²) >= 11 is 6.01. The molecular formula is C12H15ClN2O3. The number of fused-ring (bicyclic) bond motifs is 1. The van der Waals surface area contributed by atoms with E-state index in [-0.39, 0.29) is 12.7 Å². The van der Waals surface area contributed by atoms with Gasteiger partial charge in [0, 0.05) is 18.7 Å². The fourth-order valence-corrected chi connectivity index (χ4v) is 1.91. The first kappa shape index (κ1) is 13.0. The molecule has 0 aliphatic carbocycles. The molecule has 0 unspecified atom stereocenters. The van der Waals surface area contributed by atoms with Crippen molar-refractivity contribution in [2.45, 2.75) is 6.92 Å². The van der Waals surface area contributed by atoms with Crippen molar-refractivity contribution in [1.29, 1.82) is 0 Å². The zero-order valence-corrected chi connectivity index (χ0v) is 10.8. The number of ether oxygens (including phenoxy) is 2. The summed E-state index contributed by atoms with van der Waals surface area (Å²) in [7, 11) is 0. The average molecular weight is 271 g/mol. The van der Waals surface area contributed by atoms with Crippen molar-refractivity contribution >= 4 is 17.5 Å². The predicted octanol–water partition coefficient (Wildman–Crippen LogP) is 1.41. The second kappa shape index (κ2) is 5.93. The van der Waals surface area contributed by atoms with Crippen molar-refractivity contribution in [3.8, 4) is 11.5 Å². The van der Waals surface area contributed by atoms with Gasteiger partial charge in [-0.2, -0.15) is 0 Å². The maximum absolute atomic E-state index is 11.9. The standard InChI is InChI=1S/C12H15ClN2O3/c1-2-14-3-4-15-12(16)8-5-9(13)11-10(6-8)17-7-18-11/h5-6,14H,2-4,7H2,1H3,(H,15,16). The lowest BCUT2D eigenvalue weighted by Crippen LogP contribution is -2.31. The average Bonchev–Trinajstić information content (AvgIpc) is 2.83. The first-order valence-electron chi connectivity index (χ1n) is 5.80. The van der Waals surface area contributed by atoms with E-state index >= 15 is 0 Å². The molecule has 0 fully saturated rings. The van der Waals surface area contributed by atoms with Gasteiger partial charge >= 0.3 is 0 Å². The molecule has 0 atom stereocenters. The molecule has 98 valence electrons. The van der Waals surface area contributed by atoms with E-state index in [1.165, 1.54) is 0 Å². The van der Waals surface area contributed by atoms with Gasteiger partial charge in [0.1, 0.15) is 0 Å². The SMILES string of the molecule is CCNCCNC(=O)c1cc(Cl)c2c(c1)OCO2. The topological polar surface area (TPSA) is 59.6 Å². The molecule has 0 aromatic heterocycles. The molecule has 6 heteroatoms. The number of hydrogen-bond acceptors (Lipinski definition) is 4. The van der Waals surface area contributed by atoms with Gasteiger partial charge in [-0.15, -0.1) is 0 Å². The van der Waals surface area contributed by atoms with Crippen LogP contribution in [0.3, 0.4) is 0 Å². The number of nitrogens with one attached hydrogen (secondary N) is 2. The summed E-state index contributed by atoms with van der Waals surface area (Å²) in [6.07, 6.45) is 0. The number of carbonyl (C=O) groups excluding carboxylic acids is 1. The van der Waals surface area contributed by atoms with Crippen molar-refractivity contribution in [2.24, 2.45) is 0 Å². The molecule has 0 bridgehead atoms. The lowest BCUT2D eigenvalue weighted by Gasteiger charge is -2.07. The van der Waals surface area contributed by atoms with Crippen LogP contribution in [0.4, 0.5) is 0 Å². The zero-order valence-electron chi connectivity index (χ0n) is 10.1. The molecule has 0 spiro atoms. The van der Waals surface area contributed by atoms with E-state index in [2.05, 4.69) is 10.6 Å². The van der Waals surface area contributed by atoms with Crippen molar-refractivity contribution < 1.29 is 14.3 Å². The first-order valence-corrected chi connectivity index (χ1v) is 6.18. The quantitative estimate of drug-likeness (QED) is 0.795. The third kappa shape index (κ3) is 2.86. The van der Waals surface area contributed by atoms with Crippen LogP contribution in [-0.2, 0) is 0 Å². The van der Waals surface area contributed by atoms with Gasteiger partial charge in [-0.1, -0.05) is 18.5 Å². The third-order valence-electron chi connectivity index (χ3n) is 2.53. The van der Waals surface area contributed by atoms with Crippen LogP contribution in [0.2, 0.25) is 5.02 Å². The Morgan fingerprint density at radius 1 is 1.39 bits per heavy atom. The highest BCUT2D eigenvalue weighted by atomic mass is 35.5. The van der Waals surface area contributed by atoms with E-state index in [0.29, 0.717) is 28.6 Å². The summed E-state index contributed by atoms with van der Waals surface area (Å²) in [6, 6.07) is 3.22. The Balaban J connectivity index is 2.00. The van der Waals surface area contributed by atoms with E-state index in [4.69, 9.17) is 21.1 Å². The van der Waals surface area contributed by atoms with Gasteiger partial charge in [-0.05, 0) is 18.7 Å². The highest BCUT2D eigenvalue weighted by Gasteiger charge is 2.20. The molecule has 1 aliphatic rings. The molecule has 5 nitrogen and oxygen atoms in total. The molecule has 1 amide bonds. The number of amides is 1. The van der Waals surface area contributed by atoms with Crippen molar-refractivity contribution in [3.63, 3.8) is 0 Å². The molecule has 1 aromatic rings. The summed E-state index contributed by atoms with van der Waals surface area (Å²) in [4.78, 5) is 11.9. The first-order chi connectivity index (χ1) is 8.72. The Kier molecular flexibility index (Phi) is 4.28. The molecule has 2 rings (SSSR count). The fraction of sp³-hybridized carbons (Fsp3) is 0.417. The van der Waals surface area contributed by atoms with Crippen LogP contribution in [-0.4, -0.2) is 32.3 Å². The Hall–Kier alpha value is -1.46. The second-order valence-corrected chi connectivity index (χ2v) is 4.21. The van der Waals surface area contributed by atoms with Gasteiger partial charge in [0.05, 0.1) is 5.02 Å². The van der Waals surface area contributed by atoms with Crippen molar-refractivity contribution in [3.05, 3.63) is 22.7 Å². The van der Waals surface area contributed by atoms with E-state index in [0.717, 1.165) is 13.1 Å². The fourth-order valence-electron chi connectivity index (χ4n) is 1.64. The minimum Gasteiger partial charge on any atom is -0.454 e. The number of carbonyl (C=O) groups is 1. The van der Waals surface area contributed by atoms with E-state index in [1.807, 2.05) is 6.92 Å². The van der Waals surface area contributed by atoms with Crippen LogP contribution in [0.5, 0.6) is 11.5 Å². The van der Waals surface area contributed by atoms with Gasteiger partial charge < -0.3 is 20.1 Å². The van der Waals surface area contributed by atoms with Gasteiger partial charge in [0.2, 0.25) is 6.79 Å². The summed E-state index contributed by atoms with van der Waals surface area (Å²) in [5, 5.41) is 6.31. The van der Waals surface area contributed by atoms with Gasteiger partial charge in [-0.3, -0.25) is 4.79 Å². The Morgan fingerprint density at radius 2 is 2.22 bits per heavy atom. The molecule has 18 heavy (non-hydrogen) atoms. The minimum absolute atomic E-state index is 0.139. The highest BCUT2D eigenvalue weighted by Crippen LogP contribution is 2.39. The molecular weight excluding hydrogens is 256 g/mol. The monoisotopic (exact) mass is 270 g/mol. The number of likely N-dealkylation sites (N-methyl/N-ethyl adjacent to an activating group) is 1. The van der Waals surface area contributed by atoms with Crippen LogP contribution in [0, 0.1) is 0 Å². The molecule has 0 saturated carbocycles. The van der Waals surface area contributed by atoms with E-state index in [1.54, 1.807) is 12.1 Å². The van der Waals surface area contributed by atoms with E-state index < -0.39 is 0 Å². The van der Waals surface area contributed by atoms with Crippen molar-refractivity contribution in [2.75, 3.05) is 26.4 Å². The van der Waals surface area contributed by atoms with Gasteiger partial charge in [-0.25, -0.2) is 0 Å². The minimum atomic E-state index is -0.173. The summed E-state index contributed by atoms with van der Waals surface area (Å²) in [6.45, 7) is 4.34. The maximum atomic E-state index is 11.9. The molecule has 1 heterocycles. The molecule has 2 N–H and O–H groups in total. The number of benzene rings is 1. The van der Waals surface area contributed by atoms with Gasteiger partial charge in [0.15, 0.2) is 11.5 Å². The Bertz CT molecular complexity index is 451. The molecule has 0 radical (unpaired) electrons. The Morgan fingerprint density at radius 3 is 3.00 bits per heavy atom. The lowest BCUT2D eigenvalue weighted by molar-refractivity contribution is 0.0953. The maximum Gasteiger partial charge on any atom is 0.251 e. The molecule has 1 aliphatic heterocycles. The molecule has 1 aromatic carbocycles. The van der Waals surface area contributed by atoms with E-state index in [9.17, 15) is 4.79 Å². The van der Waals surface area contributed by atoms with Crippen LogP contribution >= 0.6 is 11.6 Å². The number of rotatable bonds is 5. The Labute approximate surface area is 110 Å². The van der Waals surface area contributed by atoms with Crippen LogP contribution in [0.15, 0.2) is 12.1 Å². The summed E-state index contributed by atoms with van der Waals surface area (Å²) in [5.41, 5.74) is 0.473. The number of hydrogen-bond donors (Lipinski definition) is 2. The van der Waals surface area contributed by atoms with Gasteiger partial charge in [0.25, 0.3) is 5.91 Å². The summed E-state index contributed by atoms with van der Waals surface area (Å²) in [5.74, 6) is 0.841. The van der Waals surface area contributed by atoms with Crippen molar-refractivity contribution in [1.82, 2.24) is 10.6 Å². The normalized spacial score (nSPS) is 12.6. The smallest absolute Gasteiger partial charge is 0.251 e. The third-order valence-corrected chi connectivity index (χ3v) is 2.81. The second-order valence-electron chi connectivity index (χ2n) is 3.80. The van der Waals surface area contributed by atoms with Crippen LogP contribution in [0.1, 0.15) is 17.3 Å². The predicted molar refractivity (Wildman–Crippen MR) is 68.5 cm³/mol. The number of halogens is 1. The molecule has 0 saturated heterocycles. The summed E-state index contributed by atoms with van der Waals surface area (Å²) < 4.78 is 10.4. The lowest BCUT2D eigenvalue weighted by atomic mass is 10.2. The van der Waals surface area contributed by atoms with Crippen LogP contribution in [0.25, 0.3) is 0 Å². The van der Waals surface area contributed by atoms with Crippen LogP contribution < -0.4 is 20.1 Å². The zero-order chi connectivity index (χ0) is 13.0. The largest absolute Gasteiger partial charge is 0.454 e. The highest BCUT2D eigenvalue weighted by molar-refractivity contribution is 6.32.